The van der Waals surface area contributed by atoms with Crippen LogP contribution in [-0.2, 0) is 9.84 Å². The highest BCUT2D eigenvalue weighted by molar-refractivity contribution is 7.99. The molecule has 84 valence electrons. The van der Waals surface area contributed by atoms with Crippen molar-refractivity contribution in [3.63, 3.8) is 0 Å². The van der Waals surface area contributed by atoms with Crippen LogP contribution in [0, 0.1) is 5.92 Å². The number of aliphatic hydroxyl groups is 1. The van der Waals surface area contributed by atoms with Crippen molar-refractivity contribution in [3.8, 4) is 0 Å². The van der Waals surface area contributed by atoms with Gasteiger partial charge in [-0.1, -0.05) is 6.92 Å². The maximum atomic E-state index is 11.4. The first-order chi connectivity index (χ1) is 6.55. The molecule has 0 amide bonds. The van der Waals surface area contributed by atoms with Gasteiger partial charge in [-0.05, 0) is 24.5 Å². The highest BCUT2D eigenvalue weighted by atomic mass is 32.2. The lowest BCUT2D eigenvalue weighted by Gasteiger charge is -2.12. The van der Waals surface area contributed by atoms with E-state index in [-0.39, 0.29) is 23.5 Å². The fraction of sp³-hybridized carbons (Fsp3) is 1.00. The molecule has 1 aliphatic heterocycles. The van der Waals surface area contributed by atoms with Gasteiger partial charge in [-0.3, -0.25) is 0 Å². The van der Waals surface area contributed by atoms with Crippen molar-refractivity contribution in [2.45, 2.75) is 25.9 Å². The molecule has 1 aliphatic rings. The Morgan fingerprint density at radius 3 is 2.57 bits per heavy atom. The van der Waals surface area contributed by atoms with E-state index in [9.17, 15) is 13.5 Å². The predicted octanol–water partition coefficient (Wildman–Crippen LogP) is 0.925. The summed E-state index contributed by atoms with van der Waals surface area (Å²) in [5.41, 5.74) is 0. The molecule has 0 aromatic heterocycles. The first-order valence-corrected chi connectivity index (χ1v) is 7.99. The molecule has 0 bridgehead atoms. The van der Waals surface area contributed by atoms with Gasteiger partial charge < -0.3 is 5.11 Å². The predicted molar refractivity (Wildman–Crippen MR) is 60.4 cm³/mol. The Balaban J connectivity index is 2.32. The van der Waals surface area contributed by atoms with Crippen molar-refractivity contribution >= 4 is 21.6 Å². The third-order valence-electron chi connectivity index (χ3n) is 2.48. The molecule has 0 saturated carbocycles. The number of sulfone groups is 1. The minimum Gasteiger partial charge on any atom is -0.392 e. The Hall–Kier alpha value is 0.260. The lowest BCUT2D eigenvalue weighted by molar-refractivity contribution is 0.148. The summed E-state index contributed by atoms with van der Waals surface area (Å²) in [6, 6.07) is 0. The standard InChI is InChI=1S/C9H18O3S2/c1-2-4-14(11,12)5-3-8-6-13-7-9(8)10/h8-10H,2-7H2,1H3. The number of aliphatic hydroxyl groups excluding tert-OH is 1. The van der Waals surface area contributed by atoms with E-state index in [1.54, 1.807) is 11.8 Å². The van der Waals surface area contributed by atoms with E-state index in [2.05, 4.69) is 0 Å². The molecule has 14 heavy (non-hydrogen) atoms. The third-order valence-corrected chi connectivity index (χ3v) is 5.61. The summed E-state index contributed by atoms with van der Waals surface area (Å²) in [5.74, 6) is 2.37. The zero-order valence-corrected chi connectivity index (χ0v) is 10.1. The zero-order valence-electron chi connectivity index (χ0n) is 8.48. The first-order valence-electron chi connectivity index (χ1n) is 5.01. The lowest BCUT2D eigenvalue weighted by atomic mass is 10.0. The van der Waals surface area contributed by atoms with Crippen LogP contribution in [0.25, 0.3) is 0 Å². The van der Waals surface area contributed by atoms with Crippen LogP contribution in [0.4, 0.5) is 0 Å². The van der Waals surface area contributed by atoms with Gasteiger partial charge in [-0.2, -0.15) is 11.8 Å². The van der Waals surface area contributed by atoms with E-state index in [1.165, 1.54) is 0 Å². The van der Waals surface area contributed by atoms with E-state index >= 15 is 0 Å². The van der Waals surface area contributed by atoms with Crippen LogP contribution in [0.1, 0.15) is 19.8 Å². The molecule has 5 heteroatoms. The summed E-state index contributed by atoms with van der Waals surface area (Å²) >= 11 is 1.71. The maximum Gasteiger partial charge on any atom is 0.150 e. The molecule has 1 rings (SSSR count). The Morgan fingerprint density at radius 1 is 1.36 bits per heavy atom. The lowest BCUT2D eigenvalue weighted by Crippen LogP contribution is -2.22. The van der Waals surface area contributed by atoms with Gasteiger partial charge in [-0.25, -0.2) is 8.42 Å². The Labute approximate surface area is 90.2 Å². The average molecular weight is 238 g/mol. The summed E-state index contributed by atoms with van der Waals surface area (Å²) in [6.45, 7) is 1.87. The first kappa shape index (κ1) is 12.3. The average Bonchev–Trinajstić information content (AvgIpc) is 2.48. The van der Waals surface area contributed by atoms with Gasteiger partial charge in [-0.15, -0.1) is 0 Å². The van der Waals surface area contributed by atoms with Crippen molar-refractivity contribution < 1.29 is 13.5 Å². The molecule has 2 unspecified atom stereocenters. The third kappa shape index (κ3) is 3.79. The van der Waals surface area contributed by atoms with Crippen LogP contribution >= 0.6 is 11.8 Å². The van der Waals surface area contributed by atoms with Crippen molar-refractivity contribution in [3.05, 3.63) is 0 Å². The largest absolute Gasteiger partial charge is 0.392 e. The molecule has 0 radical (unpaired) electrons. The molecule has 2 atom stereocenters. The fourth-order valence-corrected chi connectivity index (χ4v) is 4.44. The smallest absolute Gasteiger partial charge is 0.150 e. The van der Waals surface area contributed by atoms with Crippen molar-refractivity contribution in [1.29, 1.82) is 0 Å². The highest BCUT2D eigenvalue weighted by Crippen LogP contribution is 2.27. The Kier molecular flexibility index (Phi) is 4.73. The van der Waals surface area contributed by atoms with Crippen LogP contribution in [-0.4, -0.2) is 42.6 Å². The molecule has 1 heterocycles. The molecule has 0 aromatic rings. The Bertz CT molecular complexity index is 261. The van der Waals surface area contributed by atoms with Crippen molar-refractivity contribution in [2.24, 2.45) is 5.92 Å². The van der Waals surface area contributed by atoms with E-state index in [0.717, 1.165) is 11.5 Å². The number of rotatable bonds is 5. The Morgan fingerprint density at radius 2 is 2.07 bits per heavy atom. The molecule has 0 spiro atoms. The van der Waals surface area contributed by atoms with E-state index in [0.29, 0.717) is 12.8 Å². The van der Waals surface area contributed by atoms with Gasteiger partial charge in [0, 0.05) is 11.5 Å². The molecule has 1 N–H and O–H groups in total. The SMILES string of the molecule is CCCS(=O)(=O)CCC1CSCC1O. The van der Waals surface area contributed by atoms with E-state index in [1.807, 2.05) is 6.92 Å². The normalized spacial score (nSPS) is 28.1. The molecular weight excluding hydrogens is 220 g/mol. The van der Waals surface area contributed by atoms with Gasteiger partial charge in [0.2, 0.25) is 0 Å². The topological polar surface area (TPSA) is 54.4 Å². The summed E-state index contributed by atoms with van der Waals surface area (Å²) in [4.78, 5) is 0. The number of hydrogen-bond acceptors (Lipinski definition) is 4. The van der Waals surface area contributed by atoms with Crippen LogP contribution in [0.15, 0.2) is 0 Å². The van der Waals surface area contributed by atoms with Crippen molar-refractivity contribution in [1.82, 2.24) is 0 Å². The second-order valence-electron chi connectivity index (χ2n) is 3.81. The zero-order chi connectivity index (χ0) is 10.6. The maximum absolute atomic E-state index is 11.4. The molecule has 0 aromatic carbocycles. The van der Waals surface area contributed by atoms with Crippen LogP contribution in [0.5, 0.6) is 0 Å². The van der Waals surface area contributed by atoms with Crippen LogP contribution < -0.4 is 0 Å². The van der Waals surface area contributed by atoms with Gasteiger partial charge >= 0.3 is 0 Å². The minimum atomic E-state index is -2.86. The van der Waals surface area contributed by atoms with Gasteiger partial charge in [0.25, 0.3) is 0 Å². The summed E-state index contributed by atoms with van der Waals surface area (Å²) in [5, 5.41) is 9.50. The fourth-order valence-electron chi connectivity index (χ4n) is 1.61. The summed E-state index contributed by atoms with van der Waals surface area (Å²) in [7, 11) is -2.86. The molecule has 0 aliphatic carbocycles. The second-order valence-corrected chi connectivity index (χ2v) is 7.18. The van der Waals surface area contributed by atoms with E-state index < -0.39 is 9.84 Å². The molecule has 1 fully saturated rings. The van der Waals surface area contributed by atoms with Gasteiger partial charge in [0.15, 0.2) is 0 Å². The van der Waals surface area contributed by atoms with Crippen LogP contribution in [0.2, 0.25) is 0 Å². The second kappa shape index (κ2) is 5.37. The van der Waals surface area contributed by atoms with Gasteiger partial charge in [0.1, 0.15) is 9.84 Å². The highest BCUT2D eigenvalue weighted by Gasteiger charge is 2.26. The molecule has 3 nitrogen and oxygen atoms in total. The minimum absolute atomic E-state index is 0.187. The monoisotopic (exact) mass is 238 g/mol. The van der Waals surface area contributed by atoms with Gasteiger partial charge in [0.05, 0.1) is 11.9 Å². The van der Waals surface area contributed by atoms with Crippen LogP contribution in [0.3, 0.4) is 0 Å². The molecule has 1 saturated heterocycles. The van der Waals surface area contributed by atoms with E-state index in [4.69, 9.17) is 0 Å². The number of hydrogen-bond donors (Lipinski definition) is 1. The van der Waals surface area contributed by atoms with Crippen molar-refractivity contribution in [2.75, 3.05) is 23.0 Å². The molecular formula is C9H18O3S2. The number of thioether (sulfide) groups is 1. The summed E-state index contributed by atoms with van der Waals surface area (Å²) in [6.07, 6.45) is 1.01. The summed E-state index contributed by atoms with van der Waals surface area (Å²) < 4.78 is 22.8. The quantitative estimate of drug-likeness (QED) is 0.774.